The summed E-state index contributed by atoms with van der Waals surface area (Å²) in [6, 6.07) is 12.4. The lowest BCUT2D eigenvalue weighted by Gasteiger charge is -2.34. The fourth-order valence-corrected chi connectivity index (χ4v) is 3.98. The molecule has 7 nitrogen and oxygen atoms in total. The van der Waals surface area contributed by atoms with Crippen LogP contribution in [0, 0.1) is 0 Å². The van der Waals surface area contributed by atoms with Crippen molar-refractivity contribution in [1.29, 1.82) is 0 Å². The van der Waals surface area contributed by atoms with Crippen LogP contribution in [-0.2, 0) is 13.8 Å². The molecule has 3 N–H and O–H groups in total. The van der Waals surface area contributed by atoms with Crippen LogP contribution < -0.4 is 5.32 Å². The Balaban J connectivity index is 0.00000233. The highest BCUT2D eigenvalue weighted by molar-refractivity contribution is 7.46. The summed E-state index contributed by atoms with van der Waals surface area (Å²) in [6.07, 6.45) is 3.26. The Kier molecular flexibility index (Phi) is 11.2. The second-order valence-electron chi connectivity index (χ2n) is 7.57. The minimum absolute atomic E-state index is 0.288. The van der Waals surface area contributed by atoms with Gasteiger partial charge in [0.2, 0.25) is 0 Å². The van der Waals surface area contributed by atoms with Gasteiger partial charge < -0.3 is 19.8 Å². The Labute approximate surface area is 185 Å². The monoisotopic (exact) mass is 453 g/mol. The number of amides is 1. The van der Waals surface area contributed by atoms with Crippen LogP contribution in [0.25, 0.3) is 10.8 Å². The lowest BCUT2D eigenvalue weighted by atomic mass is 9.90. The SMILES string of the molecule is CC.CCCCCCOC(=O)NC(c1ccc2ccccc2c1)C(C)(C)OP(=O)(O)O. The van der Waals surface area contributed by atoms with Crippen LogP contribution in [-0.4, -0.2) is 28.1 Å². The van der Waals surface area contributed by atoms with Crippen molar-refractivity contribution in [2.45, 2.75) is 71.9 Å². The zero-order chi connectivity index (χ0) is 23.5. The highest BCUT2D eigenvalue weighted by Gasteiger charge is 2.39. The summed E-state index contributed by atoms with van der Waals surface area (Å²) in [5.41, 5.74) is -0.729. The molecular formula is C23H36NO6P. The van der Waals surface area contributed by atoms with Gasteiger partial charge in [-0.25, -0.2) is 9.36 Å². The Morgan fingerprint density at radius 1 is 1.06 bits per heavy atom. The molecule has 31 heavy (non-hydrogen) atoms. The standard InChI is InChI=1S/C21H30NO6P.C2H6/c1-4-5-6-9-14-27-20(23)22-19(21(2,3)28-29(24,25)26)18-13-12-16-10-7-8-11-17(16)15-18;1-2/h7-8,10-13,15,19H,4-6,9,14H2,1-3H3,(H,22,23)(H2,24,25,26);1-2H3. The number of carbonyl (C=O) groups excluding carboxylic acids is 1. The first-order chi connectivity index (χ1) is 14.6. The molecule has 0 aliphatic heterocycles. The Morgan fingerprint density at radius 2 is 1.71 bits per heavy atom. The minimum atomic E-state index is -4.78. The van der Waals surface area contributed by atoms with Gasteiger partial charge in [-0.15, -0.1) is 0 Å². The summed E-state index contributed by atoms with van der Waals surface area (Å²) in [5, 5.41) is 4.68. The average Bonchev–Trinajstić information content (AvgIpc) is 2.71. The molecule has 174 valence electrons. The molecule has 0 bridgehead atoms. The molecule has 0 aliphatic carbocycles. The van der Waals surface area contributed by atoms with E-state index in [0.717, 1.165) is 36.5 Å². The van der Waals surface area contributed by atoms with E-state index < -0.39 is 25.6 Å². The molecule has 1 atom stereocenters. The first-order valence-corrected chi connectivity index (χ1v) is 12.3. The average molecular weight is 454 g/mol. The maximum absolute atomic E-state index is 12.4. The molecule has 0 heterocycles. The second kappa shape index (κ2) is 12.8. The van der Waals surface area contributed by atoms with Crippen molar-refractivity contribution in [3.8, 4) is 0 Å². The molecular weight excluding hydrogens is 417 g/mol. The molecule has 2 aromatic carbocycles. The summed E-state index contributed by atoms with van der Waals surface area (Å²) in [7, 11) is -4.78. The molecule has 2 rings (SSSR count). The van der Waals surface area contributed by atoms with Gasteiger partial charge in [-0.1, -0.05) is 76.4 Å². The Morgan fingerprint density at radius 3 is 2.32 bits per heavy atom. The fourth-order valence-electron chi connectivity index (χ4n) is 3.26. The van der Waals surface area contributed by atoms with E-state index in [1.54, 1.807) is 6.07 Å². The topological polar surface area (TPSA) is 105 Å². The molecule has 0 aromatic heterocycles. The van der Waals surface area contributed by atoms with Crippen molar-refractivity contribution >= 4 is 24.7 Å². The maximum atomic E-state index is 12.4. The Bertz CT molecular complexity index is 864. The zero-order valence-electron chi connectivity index (χ0n) is 19.1. The first kappa shape index (κ1) is 27.1. The van der Waals surface area contributed by atoms with Crippen LogP contribution in [0.1, 0.15) is 71.9 Å². The van der Waals surface area contributed by atoms with E-state index in [1.807, 2.05) is 50.2 Å². The van der Waals surface area contributed by atoms with Crippen LogP contribution in [0.4, 0.5) is 4.79 Å². The number of phosphoric ester groups is 1. The normalized spacial score (nSPS) is 12.6. The smallest absolute Gasteiger partial charge is 0.450 e. The van der Waals surface area contributed by atoms with Gasteiger partial charge >= 0.3 is 13.9 Å². The van der Waals surface area contributed by atoms with E-state index in [4.69, 9.17) is 9.26 Å². The number of carbonyl (C=O) groups is 1. The highest BCUT2D eigenvalue weighted by Crippen LogP contribution is 2.45. The van der Waals surface area contributed by atoms with E-state index in [2.05, 4.69) is 12.2 Å². The number of phosphoric acid groups is 1. The molecule has 0 aliphatic rings. The van der Waals surface area contributed by atoms with Crippen molar-refractivity contribution in [3.63, 3.8) is 0 Å². The summed E-state index contributed by atoms with van der Waals surface area (Å²) < 4.78 is 21.7. The van der Waals surface area contributed by atoms with Gasteiger partial charge in [-0.05, 0) is 42.7 Å². The van der Waals surface area contributed by atoms with Crippen molar-refractivity contribution in [3.05, 3.63) is 48.0 Å². The molecule has 8 heteroatoms. The van der Waals surface area contributed by atoms with Gasteiger partial charge in [0.1, 0.15) is 0 Å². The van der Waals surface area contributed by atoms with E-state index in [-0.39, 0.29) is 6.61 Å². The third-order valence-corrected chi connectivity index (χ3v) is 5.36. The molecule has 0 spiro atoms. The molecule has 0 saturated heterocycles. The first-order valence-electron chi connectivity index (χ1n) is 10.8. The van der Waals surface area contributed by atoms with E-state index in [1.165, 1.54) is 13.8 Å². The number of nitrogens with one attached hydrogen (secondary N) is 1. The number of alkyl carbamates (subject to hydrolysis) is 1. The molecule has 0 saturated carbocycles. The summed E-state index contributed by atoms with van der Waals surface area (Å²) in [5.74, 6) is 0. The number of hydrogen-bond acceptors (Lipinski definition) is 4. The van der Waals surface area contributed by atoms with Crippen molar-refractivity contribution in [2.75, 3.05) is 6.61 Å². The van der Waals surface area contributed by atoms with Crippen molar-refractivity contribution < 1.29 is 28.4 Å². The third-order valence-electron chi connectivity index (χ3n) is 4.65. The van der Waals surface area contributed by atoms with Crippen LogP contribution >= 0.6 is 7.82 Å². The van der Waals surface area contributed by atoms with Gasteiger partial charge in [-0.2, -0.15) is 0 Å². The summed E-state index contributed by atoms with van der Waals surface area (Å²) >= 11 is 0. The second-order valence-corrected chi connectivity index (χ2v) is 8.73. The number of rotatable bonds is 10. The van der Waals surface area contributed by atoms with Gasteiger partial charge in [0.25, 0.3) is 0 Å². The van der Waals surface area contributed by atoms with Crippen LogP contribution in [0.2, 0.25) is 0 Å². The van der Waals surface area contributed by atoms with Crippen molar-refractivity contribution in [1.82, 2.24) is 5.32 Å². The van der Waals surface area contributed by atoms with E-state index in [0.29, 0.717) is 5.56 Å². The van der Waals surface area contributed by atoms with Crippen molar-refractivity contribution in [2.24, 2.45) is 0 Å². The minimum Gasteiger partial charge on any atom is -0.450 e. The predicted molar refractivity (Wildman–Crippen MR) is 124 cm³/mol. The maximum Gasteiger partial charge on any atom is 0.470 e. The van der Waals surface area contributed by atoms with Gasteiger partial charge in [0.05, 0.1) is 18.2 Å². The zero-order valence-corrected chi connectivity index (χ0v) is 20.0. The summed E-state index contributed by atoms with van der Waals surface area (Å²) in [6.45, 7) is 9.43. The number of ether oxygens (including phenoxy) is 1. The number of unbranched alkanes of at least 4 members (excludes halogenated alkanes) is 3. The number of hydrogen-bond donors (Lipinski definition) is 3. The molecule has 1 amide bonds. The lowest BCUT2D eigenvalue weighted by Crippen LogP contribution is -2.43. The van der Waals surface area contributed by atoms with E-state index >= 15 is 0 Å². The van der Waals surface area contributed by atoms with Gasteiger partial charge in [0.15, 0.2) is 0 Å². The fraction of sp³-hybridized carbons (Fsp3) is 0.522. The molecule has 0 fully saturated rings. The molecule has 1 unspecified atom stereocenters. The number of fused-ring (bicyclic) bond motifs is 1. The highest BCUT2D eigenvalue weighted by atomic mass is 31.2. The lowest BCUT2D eigenvalue weighted by molar-refractivity contribution is 0.0282. The van der Waals surface area contributed by atoms with E-state index in [9.17, 15) is 19.1 Å². The third kappa shape index (κ3) is 9.40. The van der Waals surface area contributed by atoms with Crippen LogP contribution in [0.5, 0.6) is 0 Å². The molecule has 2 aromatic rings. The largest absolute Gasteiger partial charge is 0.470 e. The number of benzene rings is 2. The van der Waals surface area contributed by atoms with Crippen LogP contribution in [0.3, 0.4) is 0 Å². The predicted octanol–water partition coefficient (Wildman–Crippen LogP) is 6.10. The Hall–Kier alpha value is -1.92. The molecule has 0 radical (unpaired) electrons. The van der Waals surface area contributed by atoms with Gasteiger partial charge in [0, 0.05) is 0 Å². The quantitative estimate of drug-likeness (QED) is 0.296. The van der Waals surface area contributed by atoms with Gasteiger partial charge in [-0.3, -0.25) is 4.52 Å². The van der Waals surface area contributed by atoms with Crippen LogP contribution in [0.15, 0.2) is 42.5 Å². The summed E-state index contributed by atoms with van der Waals surface area (Å²) in [4.78, 5) is 31.0.